The molecule has 28 heavy (non-hydrogen) atoms. The van der Waals surface area contributed by atoms with Crippen LogP contribution in [0.2, 0.25) is 0 Å². The molecule has 0 spiro atoms. The van der Waals surface area contributed by atoms with Crippen LogP contribution in [0.4, 0.5) is 0 Å². The van der Waals surface area contributed by atoms with Crippen LogP contribution in [0.25, 0.3) is 0 Å². The zero-order chi connectivity index (χ0) is 20.4. The highest BCUT2D eigenvalue weighted by atomic mass is 32.1. The Hall–Kier alpha value is -1.78. The molecule has 0 aliphatic rings. The maximum absolute atomic E-state index is 5.39. The van der Waals surface area contributed by atoms with Gasteiger partial charge in [0.1, 0.15) is 6.61 Å². The molecule has 0 saturated carbocycles. The lowest BCUT2D eigenvalue weighted by Gasteiger charge is -2.23. The highest BCUT2D eigenvalue weighted by molar-refractivity contribution is 7.80. The molecule has 0 aliphatic carbocycles. The zero-order valence-electron chi connectivity index (χ0n) is 17.6. The number of benzene rings is 2. The van der Waals surface area contributed by atoms with Crippen LogP contribution in [-0.2, 0) is 4.84 Å². The van der Waals surface area contributed by atoms with E-state index in [9.17, 15) is 0 Å². The first kappa shape index (κ1) is 22.5. The van der Waals surface area contributed by atoms with Gasteiger partial charge in [-0.25, -0.2) is 0 Å². The van der Waals surface area contributed by atoms with Crippen LogP contribution in [0.1, 0.15) is 61.6 Å². The van der Waals surface area contributed by atoms with Crippen molar-refractivity contribution in [1.82, 2.24) is 4.90 Å². The summed E-state index contributed by atoms with van der Waals surface area (Å²) in [5, 5.41) is 4.14. The zero-order valence-corrected chi connectivity index (χ0v) is 18.5. The van der Waals surface area contributed by atoms with Gasteiger partial charge >= 0.3 is 0 Å². The minimum absolute atomic E-state index is 0.340. The quantitative estimate of drug-likeness (QED) is 0.218. The standard InChI is InChI=1S/C24H34N2OS/c1-19(2)24-18-21(28)13-14-23(24)22(20-10-6-5-7-11-20)12-8-15-25-27-17-9-16-26(3)4/h5-7,10-11,13-15,18-19,22,28H,8-9,12,16-17H2,1-4H3/b25-15+. The molecule has 0 N–H and O–H groups in total. The van der Waals surface area contributed by atoms with Crippen LogP contribution in [0.15, 0.2) is 58.6 Å². The lowest BCUT2D eigenvalue weighted by molar-refractivity contribution is 0.136. The van der Waals surface area contributed by atoms with Gasteiger partial charge in [0.15, 0.2) is 0 Å². The Labute approximate surface area is 176 Å². The van der Waals surface area contributed by atoms with E-state index >= 15 is 0 Å². The fraction of sp³-hybridized carbons (Fsp3) is 0.458. The second-order valence-electron chi connectivity index (χ2n) is 7.79. The van der Waals surface area contributed by atoms with Gasteiger partial charge < -0.3 is 9.74 Å². The normalized spacial score (nSPS) is 12.8. The van der Waals surface area contributed by atoms with Gasteiger partial charge in [-0.2, -0.15) is 0 Å². The molecule has 0 fully saturated rings. The molecule has 2 aromatic rings. The summed E-state index contributed by atoms with van der Waals surface area (Å²) in [4.78, 5) is 8.56. The largest absolute Gasteiger partial charge is 0.396 e. The molecule has 0 aliphatic heterocycles. The van der Waals surface area contributed by atoms with E-state index in [1.54, 1.807) is 0 Å². The molecule has 1 atom stereocenters. The first-order chi connectivity index (χ1) is 13.5. The van der Waals surface area contributed by atoms with Gasteiger partial charge in [0.2, 0.25) is 0 Å². The van der Waals surface area contributed by atoms with Gasteiger partial charge in [0.25, 0.3) is 0 Å². The van der Waals surface area contributed by atoms with Gasteiger partial charge in [0.05, 0.1) is 0 Å². The van der Waals surface area contributed by atoms with E-state index in [0.29, 0.717) is 18.4 Å². The van der Waals surface area contributed by atoms with E-state index < -0.39 is 0 Å². The van der Waals surface area contributed by atoms with Crippen molar-refractivity contribution in [2.45, 2.75) is 49.8 Å². The minimum atomic E-state index is 0.340. The molecule has 2 aromatic carbocycles. The van der Waals surface area contributed by atoms with Crippen LogP contribution < -0.4 is 0 Å². The molecule has 4 heteroatoms. The summed E-state index contributed by atoms with van der Waals surface area (Å²) in [6.45, 7) is 6.18. The third-order valence-electron chi connectivity index (χ3n) is 4.84. The average Bonchev–Trinajstić information content (AvgIpc) is 2.67. The van der Waals surface area contributed by atoms with Crippen molar-refractivity contribution in [2.75, 3.05) is 27.2 Å². The number of oxime groups is 1. The third-order valence-corrected chi connectivity index (χ3v) is 5.12. The van der Waals surface area contributed by atoms with E-state index in [-0.39, 0.29) is 0 Å². The van der Waals surface area contributed by atoms with Gasteiger partial charge in [0, 0.05) is 23.6 Å². The predicted octanol–water partition coefficient (Wildman–Crippen LogP) is 5.96. The van der Waals surface area contributed by atoms with Crippen molar-refractivity contribution >= 4 is 18.8 Å². The van der Waals surface area contributed by atoms with E-state index in [4.69, 9.17) is 4.84 Å². The van der Waals surface area contributed by atoms with Crippen LogP contribution in [0.3, 0.4) is 0 Å². The summed E-state index contributed by atoms with van der Waals surface area (Å²) >= 11 is 4.55. The molecule has 0 amide bonds. The van der Waals surface area contributed by atoms with Crippen molar-refractivity contribution in [2.24, 2.45) is 5.16 Å². The fourth-order valence-electron chi connectivity index (χ4n) is 3.41. The summed E-state index contributed by atoms with van der Waals surface area (Å²) in [7, 11) is 4.14. The Morgan fingerprint density at radius 3 is 2.50 bits per heavy atom. The van der Waals surface area contributed by atoms with Crippen LogP contribution in [0, 0.1) is 0 Å². The van der Waals surface area contributed by atoms with Gasteiger partial charge in [-0.05, 0) is 68.1 Å². The molecule has 1 unspecified atom stereocenters. The van der Waals surface area contributed by atoms with Crippen molar-refractivity contribution in [3.8, 4) is 0 Å². The van der Waals surface area contributed by atoms with Crippen molar-refractivity contribution in [1.29, 1.82) is 0 Å². The number of rotatable bonds is 11. The number of nitrogens with zero attached hydrogens (tertiary/aromatic N) is 2. The van der Waals surface area contributed by atoms with Crippen LogP contribution in [0.5, 0.6) is 0 Å². The van der Waals surface area contributed by atoms with E-state index in [2.05, 4.69) is 99.2 Å². The van der Waals surface area contributed by atoms with Gasteiger partial charge in [-0.1, -0.05) is 55.4 Å². The summed E-state index contributed by atoms with van der Waals surface area (Å²) in [6.07, 6.45) is 4.78. The minimum Gasteiger partial charge on any atom is -0.396 e. The Morgan fingerprint density at radius 2 is 1.82 bits per heavy atom. The predicted molar refractivity (Wildman–Crippen MR) is 123 cm³/mol. The maximum atomic E-state index is 5.39. The van der Waals surface area contributed by atoms with Crippen LogP contribution in [-0.4, -0.2) is 38.4 Å². The Kier molecular flexibility index (Phi) is 9.59. The highest BCUT2D eigenvalue weighted by Gasteiger charge is 2.18. The van der Waals surface area contributed by atoms with Crippen molar-refractivity contribution in [3.63, 3.8) is 0 Å². The lowest BCUT2D eigenvalue weighted by Crippen LogP contribution is -2.14. The summed E-state index contributed by atoms with van der Waals surface area (Å²) in [6, 6.07) is 17.3. The van der Waals surface area contributed by atoms with Gasteiger partial charge in [-0.3, -0.25) is 0 Å². The lowest BCUT2D eigenvalue weighted by atomic mass is 9.82. The monoisotopic (exact) mass is 398 g/mol. The first-order valence-electron chi connectivity index (χ1n) is 10.1. The first-order valence-corrected chi connectivity index (χ1v) is 10.6. The Morgan fingerprint density at radius 1 is 1.07 bits per heavy atom. The van der Waals surface area contributed by atoms with Gasteiger partial charge in [-0.15, -0.1) is 12.6 Å². The number of hydrogen-bond donors (Lipinski definition) is 1. The van der Waals surface area contributed by atoms with Crippen LogP contribution >= 0.6 is 12.6 Å². The number of thiol groups is 1. The Bertz CT molecular complexity index is 729. The molecular formula is C24H34N2OS. The van der Waals surface area contributed by atoms with E-state index in [1.165, 1.54) is 16.7 Å². The molecule has 2 rings (SSSR count). The molecule has 0 radical (unpaired) electrons. The molecular weight excluding hydrogens is 364 g/mol. The van der Waals surface area contributed by atoms with E-state index in [1.807, 2.05) is 6.21 Å². The smallest absolute Gasteiger partial charge is 0.118 e. The summed E-state index contributed by atoms with van der Waals surface area (Å²) in [5.74, 6) is 0.801. The van der Waals surface area contributed by atoms with E-state index in [0.717, 1.165) is 30.7 Å². The second kappa shape index (κ2) is 11.9. The second-order valence-corrected chi connectivity index (χ2v) is 8.30. The SMILES string of the molecule is CC(C)c1cc(S)ccc1C(CC/C=N/OCCCN(C)C)c1ccccc1. The maximum Gasteiger partial charge on any atom is 0.118 e. The third kappa shape index (κ3) is 7.33. The fourth-order valence-corrected chi connectivity index (χ4v) is 3.62. The van der Waals surface area contributed by atoms with Crippen molar-refractivity contribution in [3.05, 3.63) is 65.2 Å². The molecule has 0 aromatic heterocycles. The molecule has 3 nitrogen and oxygen atoms in total. The average molecular weight is 399 g/mol. The molecule has 0 bridgehead atoms. The topological polar surface area (TPSA) is 24.8 Å². The Balaban J connectivity index is 2.06. The highest BCUT2D eigenvalue weighted by Crippen LogP contribution is 2.35. The molecule has 0 saturated heterocycles. The summed E-state index contributed by atoms with van der Waals surface area (Å²) < 4.78 is 0. The molecule has 0 heterocycles. The van der Waals surface area contributed by atoms with Crippen molar-refractivity contribution < 1.29 is 4.84 Å². The number of hydrogen-bond acceptors (Lipinski definition) is 4. The summed E-state index contributed by atoms with van der Waals surface area (Å²) in [5.41, 5.74) is 4.11. The molecule has 152 valence electrons.